The fourth-order valence-electron chi connectivity index (χ4n) is 2.78. The molecule has 0 saturated carbocycles. The molecule has 0 bridgehead atoms. The van der Waals surface area contributed by atoms with Crippen LogP contribution in [0.2, 0.25) is 0 Å². The third-order valence-corrected chi connectivity index (χ3v) is 4.19. The van der Waals surface area contributed by atoms with Crippen LogP contribution < -0.4 is 5.32 Å². The fourth-order valence-corrected chi connectivity index (χ4v) is 2.89. The molecule has 1 aliphatic carbocycles. The minimum Gasteiger partial charge on any atom is -0.312 e. The Hall–Kier alpha value is -1.02. The number of carbonyl (C=O) groups is 1. The van der Waals surface area contributed by atoms with Crippen molar-refractivity contribution in [2.45, 2.75) is 51.4 Å². The van der Waals surface area contributed by atoms with Crippen LogP contribution in [0.5, 0.6) is 0 Å². The molecule has 1 aromatic rings. The van der Waals surface area contributed by atoms with Crippen LogP contribution in [-0.2, 0) is 10.8 Å². The highest BCUT2D eigenvalue weighted by atomic mass is 35.5. The van der Waals surface area contributed by atoms with Gasteiger partial charge in [-0.3, -0.25) is 4.79 Å². The summed E-state index contributed by atoms with van der Waals surface area (Å²) in [5, 5.41) is 2.11. The van der Waals surface area contributed by atoms with E-state index in [1.807, 2.05) is 6.07 Å². The van der Waals surface area contributed by atoms with Gasteiger partial charge in [-0.1, -0.05) is 33.8 Å². The zero-order valence-electron chi connectivity index (χ0n) is 11.4. The van der Waals surface area contributed by atoms with Crippen LogP contribution in [0.3, 0.4) is 0 Å². The molecule has 2 nitrogen and oxygen atoms in total. The van der Waals surface area contributed by atoms with E-state index in [9.17, 15) is 4.79 Å². The Morgan fingerprint density at radius 1 is 1.11 bits per heavy atom. The Balaban J connectivity index is 2.51. The second kappa shape index (κ2) is 4.27. The van der Waals surface area contributed by atoms with E-state index in [1.165, 1.54) is 17.5 Å². The number of rotatable bonds is 1. The average Bonchev–Trinajstić information content (AvgIpc) is 2.24. The monoisotopic (exact) mass is 265 g/mol. The number of hydrogen-bond acceptors (Lipinski definition) is 1. The number of halogens is 1. The van der Waals surface area contributed by atoms with Crippen molar-refractivity contribution in [1.29, 1.82) is 0 Å². The Morgan fingerprint density at radius 2 is 1.67 bits per heavy atom. The molecule has 98 valence electrons. The molecule has 0 aliphatic heterocycles. The summed E-state index contributed by atoms with van der Waals surface area (Å²) in [5.41, 5.74) is 3.83. The first-order chi connectivity index (χ1) is 8.22. The molecule has 1 amide bonds. The van der Waals surface area contributed by atoms with Crippen LogP contribution in [0.25, 0.3) is 0 Å². The molecule has 0 atom stereocenters. The van der Waals surface area contributed by atoms with E-state index < -0.39 is 5.37 Å². The van der Waals surface area contributed by atoms with Crippen LogP contribution in [0.4, 0.5) is 10.5 Å². The molecule has 0 unspecified atom stereocenters. The molecule has 3 heteroatoms. The van der Waals surface area contributed by atoms with Crippen molar-refractivity contribution in [3.8, 4) is 0 Å². The van der Waals surface area contributed by atoms with Crippen molar-refractivity contribution >= 4 is 22.7 Å². The van der Waals surface area contributed by atoms with E-state index in [-0.39, 0.29) is 10.8 Å². The largest absolute Gasteiger partial charge is 0.318 e. The van der Waals surface area contributed by atoms with Gasteiger partial charge in [0.15, 0.2) is 0 Å². The van der Waals surface area contributed by atoms with Crippen LogP contribution in [0, 0.1) is 0 Å². The Morgan fingerprint density at radius 3 is 2.22 bits per heavy atom. The van der Waals surface area contributed by atoms with E-state index >= 15 is 0 Å². The number of carbonyl (C=O) groups excluding carboxylic acids is 1. The maximum Gasteiger partial charge on any atom is 0.318 e. The summed E-state index contributed by atoms with van der Waals surface area (Å²) in [7, 11) is 0. The van der Waals surface area contributed by atoms with Crippen molar-refractivity contribution < 1.29 is 4.79 Å². The van der Waals surface area contributed by atoms with Gasteiger partial charge in [-0.15, -0.1) is 0 Å². The summed E-state index contributed by atoms with van der Waals surface area (Å²) in [6, 6.07) is 6.12. The summed E-state index contributed by atoms with van der Waals surface area (Å²) in [5.74, 6) is 0. The van der Waals surface area contributed by atoms with Gasteiger partial charge in [0.1, 0.15) is 0 Å². The van der Waals surface area contributed by atoms with Gasteiger partial charge in [-0.25, -0.2) is 0 Å². The maximum atomic E-state index is 10.9. The molecular formula is C15H20ClNO. The Bertz CT molecular complexity index is 491. The van der Waals surface area contributed by atoms with Gasteiger partial charge in [0.2, 0.25) is 0 Å². The van der Waals surface area contributed by atoms with E-state index in [2.05, 4.69) is 45.1 Å². The molecule has 0 heterocycles. The molecule has 2 rings (SSSR count). The highest BCUT2D eigenvalue weighted by molar-refractivity contribution is 6.65. The molecule has 1 N–H and O–H groups in total. The standard InChI is InChI=1S/C15H20ClNO/c1-14(2)7-8-15(3,4)12-9-10(17-13(16)18)5-6-11(12)14/h5-6,9H,7-8H2,1-4H3,(H,17,18). The van der Waals surface area contributed by atoms with Gasteiger partial charge in [0.05, 0.1) is 0 Å². The number of anilines is 1. The molecule has 1 aromatic carbocycles. The average molecular weight is 266 g/mol. The first-order valence-electron chi connectivity index (χ1n) is 6.34. The molecule has 0 saturated heterocycles. The maximum absolute atomic E-state index is 10.9. The summed E-state index contributed by atoms with van der Waals surface area (Å²) < 4.78 is 0. The normalized spacial score (nSPS) is 20.1. The van der Waals surface area contributed by atoms with Crippen molar-refractivity contribution in [2.24, 2.45) is 0 Å². The Kier molecular flexibility index (Phi) is 3.18. The lowest BCUT2D eigenvalue weighted by Gasteiger charge is -2.42. The highest BCUT2D eigenvalue weighted by Crippen LogP contribution is 2.46. The third kappa shape index (κ3) is 2.39. The van der Waals surface area contributed by atoms with Gasteiger partial charge in [0, 0.05) is 5.69 Å². The zero-order chi connectivity index (χ0) is 13.6. The molecule has 18 heavy (non-hydrogen) atoms. The number of benzene rings is 1. The number of amides is 1. The molecule has 0 aromatic heterocycles. The quantitative estimate of drug-likeness (QED) is 0.573. The highest BCUT2D eigenvalue weighted by Gasteiger charge is 2.36. The lowest BCUT2D eigenvalue weighted by Crippen LogP contribution is -2.33. The fraction of sp³-hybridized carbons (Fsp3) is 0.533. The van der Waals surface area contributed by atoms with Crippen molar-refractivity contribution in [2.75, 3.05) is 5.32 Å². The number of hydrogen-bond donors (Lipinski definition) is 1. The van der Waals surface area contributed by atoms with Crippen molar-refractivity contribution in [3.05, 3.63) is 29.3 Å². The predicted molar refractivity (Wildman–Crippen MR) is 76.6 cm³/mol. The van der Waals surface area contributed by atoms with Crippen LogP contribution >= 0.6 is 11.6 Å². The summed E-state index contributed by atoms with van der Waals surface area (Å²) in [4.78, 5) is 10.9. The van der Waals surface area contributed by atoms with Gasteiger partial charge < -0.3 is 5.32 Å². The third-order valence-electron chi connectivity index (χ3n) is 4.10. The second-order valence-electron chi connectivity index (χ2n) is 6.43. The van der Waals surface area contributed by atoms with Gasteiger partial charge in [0.25, 0.3) is 0 Å². The van der Waals surface area contributed by atoms with E-state index in [1.54, 1.807) is 0 Å². The van der Waals surface area contributed by atoms with E-state index in [0.29, 0.717) is 0 Å². The minimum atomic E-state index is -0.539. The molecule has 0 fully saturated rings. The smallest absolute Gasteiger partial charge is 0.312 e. The first-order valence-corrected chi connectivity index (χ1v) is 6.72. The number of nitrogens with one attached hydrogen (secondary N) is 1. The van der Waals surface area contributed by atoms with Crippen LogP contribution in [0.15, 0.2) is 18.2 Å². The molecule has 1 aliphatic rings. The van der Waals surface area contributed by atoms with Gasteiger partial charge in [-0.2, -0.15) is 0 Å². The van der Waals surface area contributed by atoms with Gasteiger partial charge >= 0.3 is 5.37 Å². The zero-order valence-corrected chi connectivity index (χ0v) is 12.2. The lowest BCUT2D eigenvalue weighted by molar-refractivity contribution is 0.269. The summed E-state index contributed by atoms with van der Waals surface area (Å²) >= 11 is 5.37. The van der Waals surface area contributed by atoms with Gasteiger partial charge in [-0.05, 0) is 58.5 Å². The summed E-state index contributed by atoms with van der Waals surface area (Å²) in [6.07, 6.45) is 2.35. The van der Waals surface area contributed by atoms with Crippen LogP contribution in [-0.4, -0.2) is 5.37 Å². The lowest BCUT2D eigenvalue weighted by atomic mass is 9.63. The van der Waals surface area contributed by atoms with Crippen molar-refractivity contribution in [1.82, 2.24) is 0 Å². The van der Waals surface area contributed by atoms with E-state index in [0.717, 1.165) is 12.1 Å². The first kappa shape index (κ1) is 13.4. The topological polar surface area (TPSA) is 29.1 Å². The van der Waals surface area contributed by atoms with Crippen molar-refractivity contribution in [3.63, 3.8) is 0 Å². The molecular weight excluding hydrogens is 246 g/mol. The van der Waals surface area contributed by atoms with E-state index in [4.69, 9.17) is 11.6 Å². The Labute approximate surface area is 114 Å². The minimum absolute atomic E-state index is 0.151. The molecule has 0 radical (unpaired) electrons. The number of fused-ring (bicyclic) bond motifs is 1. The molecule has 0 spiro atoms. The SMILES string of the molecule is CC1(C)CCC(C)(C)c2cc(NC(=O)Cl)ccc21. The van der Waals surface area contributed by atoms with Crippen LogP contribution in [0.1, 0.15) is 51.7 Å². The summed E-state index contributed by atoms with van der Waals surface area (Å²) in [6.45, 7) is 9.07. The predicted octanol–water partition coefficient (Wildman–Crippen LogP) is 4.81. The second-order valence-corrected chi connectivity index (χ2v) is 6.77.